The zero-order chi connectivity index (χ0) is 31.0. The Bertz CT molecular complexity index is 1560. The minimum absolute atomic E-state index is 0. The number of aromatic nitrogens is 4. The van der Waals surface area contributed by atoms with Crippen LogP contribution in [0, 0.1) is 6.92 Å². The van der Waals surface area contributed by atoms with Crippen LogP contribution in [0.3, 0.4) is 0 Å². The summed E-state index contributed by atoms with van der Waals surface area (Å²) in [5.74, 6) is 0.952. The zero-order valence-electron chi connectivity index (χ0n) is 26.4. The highest BCUT2D eigenvalue weighted by molar-refractivity contribution is 6.02. The molecule has 2 saturated heterocycles. The van der Waals surface area contributed by atoms with Crippen LogP contribution in [0.5, 0.6) is 5.88 Å². The first-order chi connectivity index (χ1) is 21.2. The first-order valence-corrected chi connectivity index (χ1v) is 15.7. The van der Waals surface area contributed by atoms with E-state index in [2.05, 4.69) is 38.6 Å². The Morgan fingerprint density at radius 2 is 2.00 bits per heavy atom. The molecule has 0 spiro atoms. The van der Waals surface area contributed by atoms with Crippen LogP contribution < -0.4 is 14.5 Å². The molecule has 0 radical (unpaired) electrons. The molecular weight excluding hydrogens is 556 g/mol. The zero-order valence-corrected chi connectivity index (χ0v) is 26.4. The second-order valence-electron chi connectivity index (χ2n) is 12.2. The monoisotopic (exact) mass is 600 g/mol. The molecule has 0 aromatic carbocycles. The van der Waals surface area contributed by atoms with Crippen molar-refractivity contribution < 1.29 is 20.4 Å². The lowest BCUT2D eigenvalue weighted by atomic mass is 10.00. The molecule has 4 aliphatic rings. The Labute approximate surface area is 261 Å². The number of anilines is 2. The summed E-state index contributed by atoms with van der Waals surface area (Å²) in [5, 5.41) is 0. The lowest BCUT2D eigenvalue weighted by molar-refractivity contribution is -0.141. The Morgan fingerprint density at radius 1 is 1.18 bits per heavy atom. The highest BCUT2D eigenvalue weighted by atomic mass is 16.7. The summed E-state index contributed by atoms with van der Waals surface area (Å²) in [7, 11) is 0. The lowest BCUT2D eigenvalue weighted by Gasteiger charge is -2.37. The van der Waals surface area contributed by atoms with Crippen molar-refractivity contribution in [2.24, 2.45) is 0 Å². The molecule has 1 aliphatic carbocycles. The lowest BCUT2D eigenvalue weighted by Crippen LogP contribution is -2.46. The number of rotatable bonds is 8. The van der Waals surface area contributed by atoms with E-state index in [-0.39, 0.29) is 25.9 Å². The summed E-state index contributed by atoms with van der Waals surface area (Å²) in [6, 6.07) is 6.45. The van der Waals surface area contributed by atoms with Gasteiger partial charge in [-0.1, -0.05) is 20.4 Å². The van der Waals surface area contributed by atoms with Crippen molar-refractivity contribution in [2.75, 3.05) is 36.1 Å². The van der Waals surface area contributed by atoms with Crippen LogP contribution >= 0.6 is 0 Å². The number of aryl methyl sites for hydroxylation is 1. The van der Waals surface area contributed by atoms with Crippen molar-refractivity contribution in [3.8, 4) is 17.1 Å². The standard InChI is InChI=1S/C32H36N6O4.C2H6.H2/c1-19(26-14-33-15-28(35-26)40-17-24-18-41-32(3,4)42-24)11-29(39)38-23-8-10-37(16-23)27-13-25(21-5-6-21)30(36-31(27)38)22-7-9-34-20(2)12-22;1-2;/h7,9,12-15,21,23-24H,1,5-6,8,10-11,16-18H2,2-4H3;1-2H3;1H/t23-,24+;;/m0../s1. The van der Waals surface area contributed by atoms with Crippen LogP contribution in [-0.2, 0) is 14.3 Å². The summed E-state index contributed by atoms with van der Waals surface area (Å²) >= 11 is 0. The maximum atomic E-state index is 14.0. The molecule has 6 heterocycles. The van der Waals surface area contributed by atoms with Crippen LogP contribution in [-0.4, -0.2) is 70.1 Å². The highest BCUT2D eigenvalue weighted by Crippen LogP contribution is 2.49. The van der Waals surface area contributed by atoms with Gasteiger partial charge in [0.05, 0.1) is 48.5 Å². The van der Waals surface area contributed by atoms with Crippen LogP contribution in [0.2, 0.25) is 0 Å². The van der Waals surface area contributed by atoms with E-state index in [0.717, 1.165) is 48.0 Å². The third-order valence-electron chi connectivity index (χ3n) is 8.39. The molecule has 2 bridgehead atoms. The first kappa shape index (κ1) is 30.1. The quantitative estimate of drug-likeness (QED) is 0.310. The van der Waals surface area contributed by atoms with Gasteiger partial charge < -0.3 is 19.1 Å². The fourth-order valence-electron chi connectivity index (χ4n) is 6.18. The number of amides is 1. The van der Waals surface area contributed by atoms with Gasteiger partial charge in [-0.3, -0.25) is 19.7 Å². The number of ether oxygens (including phenoxy) is 3. The largest absolute Gasteiger partial charge is 0.474 e. The smallest absolute Gasteiger partial charge is 0.233 e. The molecule has 0 unspecified atom stereocenters. The molecule has 44 heavy (non-hydrogen) atoms. The highest BCUT2D eigenvalue weighted by Gasteiger charge is 2.42. The third-order valence-corrected chi connectivity index (χ3v) is 8.39. The predicted molar refractivity (Wildman–Crippen MR) is 172 cm³/mol. The number of nitrogens with zero attached hydrogens (tertiary/aromatic N) is 6. The molecule has 10 nitrogen and oxygen atoms in total. The number of hydrogen-bond acceptors (Lipinski definition) is 9. The van der Waals surface area contributed by atoms with Crippen molar-refractivity contribution in [3.63, 3.8) is 0 Å². The molecule has 1 saturated carbocycles. The predicted octanol–water partition coefficient (Wildman–Crippen LogP) is 5.95. The molecule has 2 atom stereocenters. The maximum Gasteiger partial charge on any atom is 0.233 e. The summed E-state index contributed by atoms with van der Waals surface area (Å²) in [5.41, 5.74) is 6.38. The van der Waals surface area contributed by atoms with Gasteiger partial charge in [0.25, 0.3) is 0 Å². The summed E-state index contributed by atoms with van der Waals surface area (Å²) in [6.45, 7) is 16.4. The van der Waals surface area contributed by atoms with Gasteiger partial charge in [0.15, 0.2) is 11.6 Å². The minimum atomic E-state index is -0.619. The van der Waals surface area contributed by atoms with E-state index in [4.69, 9.17) is 19.2 Å². The van der Waals surface area contributed by atoms with E-state index in [1.807, 2.05) is 51.8 Å². The number of hydrogen-bond donors (Lipinski definition) is 0. The molecule has 7 rings (SSSR count). The first-order valence-electron chi connectivity index (χ1n) is 15.7. The van der Waals surface area contributed by atoms with Gasteiger partial charge in [-0.05, 0) is 75.3 Å². The topological polar surface area (TPSA) is 103 Å². The van der Waals surface area contributed by atoms with Crippen molar-refractivity contribution in [1.82, 2.24) is 19.9 Å². The van der Waals surface area contributed by atoms with Gasteiger partial charge in [0.1, 0.15) is 12.7 Å². The van der Waals surface area contributed by atoms with Crippen LogP contribution in [0.1, 0.15) is 77.7 Å². The SMILES string of the molecule is C=C(CC(=O)N1c2nc(-c3ccnc(C)c3)c(C3CC3)cc2N2CC[C@H]1C2)c1cncc(OC[C@@H]2COC(C)(C)O2)n1.CC.[HH]. The summed E-state index contributed by atoms with van der Waals surface area (Å²) < 4.78 is 17.3. The molecule has 3 aromatic rings. The number of pyridine rings is 2. The van der Waals surface area contributed by atoms with E-state index in [0.29, 0.717) is 36.3 Å². The molecule has 234 valence electrons. The fraction of sp³-hybridized carbons (Fsp3) is 0.500. The van der Waals surface area contributed by atoms with Gasteiger partial charge in [0, 0.05) is 32.0 Å². The maximum absolute atomic E-state index is 14.0. The van der Waals surface area contributed by atoms with Gasteiger partial charge in [-0.2, -0.15) is 0 Å². The van der Waals surface area contributed by atoms with Gasteiger partial charge in [0.2, 0.25) is 11.8 Å². The molecule has 3 fully saturated rings. The number of carbonyl (C=O) groups is 1. The van der Waals surface area contributed by atoms with Crippen LogP contribution in [0.4, 0.5) is 11.5 Å². The van der Waals surface area contributed by atoms with E-state index >= 15 is 0 Å². The second kappa shape index (κ2) is 12.2. The van der Waals surface area contributed by atoms with Crippen molar-refractivity contribution in [1.29, 1.82) is 0 Å². The van der Waals surface area contributed by atoms with Gasteiger partial charge in [-0.15, -0.1) is 0 Å². The molecule has 1 amide bonds. The summed E-state index contributed by atoms with van der Waals surface area (Å²) in [4.78, 5) is 36.8. The van der Waals surface area contributed by atoms with Crippen molar-refractivity contribution >= 4 is 23.0 Å². The molecule has 3 aromatic heterocycles. The fourth-order valence-corrected chi connectivity index (χ4v) is 6.18. The average Bonchev–Trinajstić information content (AvgIpc) is 3.69. The molecule has 3 aliphatic heterocycles. The molecular formula is C34H44N6O4. The minimum Gasteiger partial charge on any atom is -0.474 e. The van der Waals surface area contributed by atoms with E-state index in [1.54, 1.807) is 12.4 Å². The Hall–Kier alpha value is -3.89. The number of carbonyl (C=O) groups excluding carboxylic acids is 1. The average molecular weight is 601 g/mol. The van der Waals surface area contributed by atoms with Crippen LogP contribution in [0.25, 0.3) is 16.8 Å². The normalized spacial score (nSPS) is 21.4. The van der Waals surface area contributed by atoms with E-state index < -0.39 is 5.79 Å². The van der Waals surface area contributed by atoms with Crippen molar-refractivity contribution in [3.05, 3.63) is 60.3 Å². The van der Waals surface area contributed by atoms with Crippen molar-refractivity contribution in [2.45, 2.75) is 84.2 Å². The molecule has 10 heteroatoms. The summed E-state index contributed by atoms with van der Waals surface area (Å²) in [6.07, 6.45) is 8.17. The molecule has 0 N–H and O–H groups in total. The third kappa shape index (κ3) is 6.19. The van der Waals surface area contributed by atoms with Gasteiger partial charge in [-0.25, -0.2) is 9.97 Å². The van der Waals surface area contributed by atoms with E-state index in [9.17, 15) is 4.79 Å². The van der Waals surface area contributed by atoms with E-state index in [1.165, 1.54) is 18.4 Å². The van der Waals surface area contributed by atoms with Gasteiger partial charge >= 0.3 is 0 Å². The van der Waals surface area contributed by atoms with Crippen LogP contribution in [0.15, 0.2) is 43.4 Å². The Kier molecular flexibility index (Phi) is 8.39. The Morgan fingerprint density at radius 3 is 2.73 bits per heavy atom. The Balaban J connectivity index is 0.00000131. The number of fused-ring (bicyclic) bond motifs is 4. The second-order valence-corrected chi connectivity index (χ2v) is 12.2.